The average Bonchev–Trinajstić information content (AvgIpc) is 3.05. The Balaban J connectivity index is 2.04. The lowest BCUT2D eigenvalue weighted by Crippen LogP contribution is -2.44. The number of carbonyl (C=O) groups excluding carboxylic acids is 2. The average molecular weight is 333 g/mol. The molecular formula is C16H19N3O3S. The van der Waals surface area contributed by atoms with Gasteiger partial charge in [-0.3, -0.25) is 9.59 Å². The van der Waals surface area contributed by atoms with Gasteiger partial charge in [0.15, 0.2) is 5.76 Å². The van der Waals surface area contributed by atoms with Crippen molar-refractivity contribution in [3.05, 3.63) is 48.0 Å². The number of pyridine rings is 1. The minimum Gasteiger partial charge on any atom is -0.459 e. The zero-order valence-corrected chi connectivity index (χ0v) is 13.9. The number of nitrogens with one attached hydrogen (secondary N) is 2. The van der Waals surface area contributed by atoms with E-state index >= 15 is 0 Å². The molecule has 2 heterocycles. The highest BCUT2D eigenvalue weighted by Gasteiger charge is 2.22. The Morgan fingerprint density at radius 3 is 2.87 bits per heavy atom. The van der Waals surface area contributed by atoms with E-state index in [4.69, 9.17) is 4.42 Å². The molecule has 0 saturated carbocycles. The van der Waals surface area contributed by atoms with E-state index in [1.165, 1.54) is 6.26 Å². The summed E-state index contributed by atoms with van der Waals surface area (Å²) >= 11 is 1.61. The monoisotopic (exact) mass is 333 g/mol. The maximum Gasteiger partial charge on any atom is 0.287 e. The summed E-state index contributed by atoms with van der Waals surface area (Å²) in [6.45, 7) is 1.92. The maximum absolute atomic E-state index is 12.4. The standard InChI is InChI=1S/C16H19N3O3S/c1-11-5-7-17-14(10-11)19-15(20)12(6-9-23-2)18-16(21)13-4-3-8-22-13/h3-5,7-8,10,12H,6,9H2,1-2H3,(H,18,21)(H,17,19,20)/t12-/m1/s1. The van der Waals surface area contributed by atoms with Gasteiger partial charge in [0.25, 0.3) is 5.91 Å². The van der Waals surface area contributed by atoms with Crippen LogP contribution in [0.25, 0.3) is 0 Å². The molecule has 0 spiro atoms. The molecule has 0 aliphatic heterocycles. The molecule has 0 unspecified atom stereocenters. The first-order chi connectivity index (χ1) is 11.1. The first-order valence-electron chi connectivity index (χ1n) is 7.17. The fourth-order valence-electron chi connectivity index (χ4n) is 1.96. The van der Waals surface area contributed by atoms with Crippen molar-refractivity contribution < 1.29 is 14.0 Å². The van der Waals surface area contributed by atoms with E-state index in [1.807, 2.05) is 19.2 Å². The van der Waals surface area contributed by atoms with E-state index in [0.29, 0.717) is 12.2 Å². The molecule has 1 atom stereocenters. The van der Waals surface area contributed by atoms with Gasteiger partial charge in [-0.05, 0) is 55.2 Å². The Morgan fingerprint density at radius 2 is 2.22 bits per heavy atom. The topological polar surface area (TPSA) is 84.2 Å². The van der Waals surface area contributed by atoms with Crippen LogP contribution in [0.15, 0.2) is 41.1 Å². The first kappa shape index (κ1) is 17.1. The summed E-state index contributed by atoms with van der Waals surface area (Å²) in [5.74, 6) is 0.695. The van der Waals surface area contributed by atoms with Crippen LogP contribution in [0, 0.1) is 6.92 Å². The Labute approximate surface area is 139 Å². The second kappa shape index (κ2) is 8.38. The quantitative estimate of drug-likeness (QED) is 0.813. The minimum atomic E-state index is -0.651. The fraction of sp³-hybridized carbons (Fsp3) is 0.312. The van der Waals surface area contributed by atoms with Crippen LogP contribution in [0.1, 0.15) is 22.5 Å². The van der Waals surface area contributed by atoms with Crippen LogP contribution in [0.4, 0.5) is 5.82 Å². The molecule has 6 nitrogen and oxygen atoms in total. The van der Waals surface area contributed by atoms with Crippen molar-refractivity contribution in [2.45, 2.75) is 19.4 Å². The molecule has 7 heteroatoms. The number of nitrogens with zero attached hydrogens (tertiary/aromatic N) is 1. The van der Waals surface area contributed by atoms with Crippen LogP contribution in [-0.2, 0) is 4.79 Å². The number of furan rings is 1. The number of hydrogen-bond acceptors (Lipinski definition) is 5. The van der Waals surface area contributed by atoms with Gasteiger partial charge in [0.1, 0.15) is 11.9 Å². The van der Waals surface area contributed by atoms with Crippen LogP contribution in [0.2, 0.25) is 0 Å². The predicted octanol–water partition coefficient (Wildman–Crippen LogP) is 2.47. The van der Waals surface area contributed by atoms with Crippen molar-refractivity contribution in [3.63, 3.8) is 0 Å². The molecule has 2 N–H and O–H groups in total. The lowest BCUT2D eigenvalue weighted by atomic mass is 10.2. The van der Waals surface area contributed by atoms with Gasteiger partial charge in [-0.1, -0.05) is 0 Å². The van der Waals surface area contributed by atoms with Crippen molar-refractivity contribution in [2.75, 3.05) is 17.3 Å². The lowest BCUT2D eigenvalue weighted by Gasteiger charge is -2.17. The van der Waals surface area contributed by atoms with Crippen LogP contribution >= 0.6 is 11.8 Å². The Morgan fingerprint density at radius 1 is 1.39 bits per heavy atom. The van der Waals surface area contributed by atoms with Gasteiger partial charge in [0.2, 0.25) is 5.91 Å². The zero-order valence-electron chi connectivity index (χ0n) is 13.0. The largest absolute Gasteiger partial charge is 0.459 e. The van der Waals surface area contributed by atoms with Gasteiger partial charge < -0.3 is 15.1 Å². The minimum absolute atomic E-state index is 0.181. The number of aryl methyl sites for hydroxylation is 1. The molecule has 2 aromatic rings. The predicted molar refractivity (Wildman–Crippen MR) is 90.6 cm³/mol. The summed E-state index contributed by atoms with van der Waals surface area (Å²) in [5, 5.41) is 5.44. The van der Waals surface area contributed by atoms with Crippen LogP contribution in [-0.4, -0.2) is 34.8 Å². The van der Waals surface area contributed by atoms with Gasteiger partial charge in [-0.2, -0.15) is 11.8 Å². The summed E-state index contributed by atoms with van der Waals surface area (Å²) in [5.41, 5.74) is 0.996. The highest BCUT2D eigenvalue weighted by molar-refractivity contribution is 7.98. The van der Waals surface area contributed by atoms with Crippen LogP contribution in [0.3, 0.4) is 0 Å². The third-order valence-electron chi connectivity index (χ3n) is 3.14. The molecule has 0 bridgehead atoms. The first-order valence-corrected chi connectivity index (χ1v) is 8.56. The third-order valence-corrected chi connectivity index (χ3v) is 3.79. The third kappa shape index (κ3) is 5.14. The Hall–Kier alpha value is -2.28. The molecule has 0 aromatic carbocycles. The summed E-state index contributed by atoms with van der Waals surface area (Å²) in [6, 6.07) is 6.16. The summed E-state index contributed by atoms with van der Waals surface area (Å²) in [7, 11) is 0. The van der Waals surface area contributed by atoms with Crippen LogP contribution < -0.4 is 10.6 Å². The van der Waals surface area contributed by atoms with Gasteiger partial charge >= 0.3 is 0 Å². The summed E-state index contributed by atoms with van der Waals surface area (Å²) in [6.07, 6.45) is 5.52. The number of anilines is 1. The molecule has 0 aliphatic rings. The molecule has 2 amide bonds. The number of rotatable bonds is 7. The van der Waals surface area contributed by atoms with Crippen molar-refractivity contribution >= 4 is 29.4 Å². The lowest BCUT2D eigenvalue weighted by molar-refractivity contribution is -0.118. The number of aromatic nitrogens is 1. The molecule has 0 aliphatic carbocycles. The van der Waals surface area contributed by atoms with Gasteiger partial charge in [0.05, 0.1) is 6.26 Å². The SMILES string of the molecule is CSCC[C@@H](NC(=O)c1ccco1)C(=O)Nc1cc(C)ccn1. The highest BCUT2D eigenvalue weighted by atomic mass is 32.2. The van der Waals surface area contributed by atoms with Crippen molar-refractivity contribution in [2.24, 2.45) is 0 Å². The van der Waals surface area contributed by atoms with E-state index in [9.17, 15) is 9.59 Å². The zero-order chi connectivity index (χ0) is 16.7. The second-order valence-corrected chi connectivity index (χ2v) is 5.98. The fourth-order valence-corrected chi connectivity index (χ4v) is 2.43. The molecule has 0 saturated heterocycles. The molecular weight excluding hydrogens is 314 g/mol. The van der Waals surface area contributed by atoms with Crippen LogP contribution in [0.5, 0.6) is 0 Å². The van der Waals surface area contributed by atoms with E-state index in [2.05, 4.69) is 15.6 Å². The van der Waals surface area contributed by atoms with E-state index in [0.717, 1.165) is 11.3 Å². The van der Waals surface area contributed by atoms with E-state index in [1.54, 1.807) is 36.2 Å². The summed E-state index contributed by atoms with van der Waals surface area (Å²) in [4.78, 5) is 28.6. The van der Waals surface area contributed by atoms with Gasteiger partial charge in [-0.25, -0.2) is 4.98 Å². The maximum atomic E-state index is 12.4. The molecule has 0 fully saturated rings. The molecule has 2 rings (SSSR count). The van der Waals surface area contributed by atoms with Gasteiger partial charge in [0, 0.05) is 6.20 Å². The number of hydrogen-bond donors (Lipinski definition) is 2. The van der Waals surface area contributed by atoms with Crippen molar-refractivity contribution in [1.29, 1.82) is 0 Å². The molecule has 122 valence electrons. The number of thioether (sulfide) groups is 1. The normalized spacial score (nSPS) is 11.7. The molecule has 23 heavy (non-hydrogen) atoms. The van der Waals surface area contributed by atoms with Crippen molar-refractivity contribution in [1.82, 2.24) is 10.3 Å². The summed E-state index contributed by atoms with van der Waals surface area (Å²) < 4.78 is 5.05. The van der Waals surface area contributed by atoms with E-state index < -0.39 is 11.9 Å². The number of carbonyl (C=O) groups is 2. The molecule has 0 radical (unpaired) electrons. The molecule has 2 aromatic heterocycles. The van der Waals surface area contributed by atoms with Crippen molar-refractivity contribution in [3.8, 4) is 0 Å². The highest BCUT2D eigenvalue weighted by Crippen LogP contribution is 2.09. The van der Waals surface area contributed by atoms with E-state index in [-0.39, 0.29) is 11.7 Å². The van der Waals surface area contributed by atoms with Gasteiger partial charge in [-0.15, -0.1) is 0 Å². The number of amides is 2. The Bertz CT molecular complexity index is 658. The Kier molecular flexibility index (Phi) is 6.22. The smallest absolute Gasteiger partial charge is 0.287 e. The second-order valence-electron chi connectivity index (χ2n) is 4.99.